The van der Waals surface area contributed by atoms with E-state index in [1.165, 1.54) is 38.5 Å². The Labute approximate surface area is 133 Å². The number of carbonyl (C=O) groups is 1. The highest BCUT2D eigenvalue weighted by atomic mass is 16.5. The van der Waals surface area contributed by atoms with Gasteiger partial charge in [0.05, 0.1) is 12.5 Å². The van der Waals surface area contributed by atoms with Crippen LogP contribution in [0.1, 0.15) is 98.3 Å². The van der Waals surface area contributed by atoms with Crippen molar-refractivity contribution in [1.29, 1.82) is 0 Å². The van der Waals surface area contributed by atoms with E-state index in [2.05, 4.69) is 27.7 Å². The van der Waals surface area contributed by atoms with Crippen LogP contribution in [0.25, 0.3) is 0 Å². The first-order valence-electron chi connectivity index (χ1n) is 9.28. The second-order valence-electron chi connectivity index (χ2n) is 6.72. The van der Waals surface area contributed by atoms with Crippen LogP contribution in [0.3, 0.4) is 0 Å². The maximum Gasteiger partial charge on any atom is 0.308 e. The molecule has 0 heterocycles. The number of hydrogen-bond donors (Lipinski definition) is 0. The van der Waals surface area contributed by atoms with Crippen LogP contribution in [0.2, 0.25) is 0 Å². The van der Waals surface area contributed by atoms with Gasteiger partial charge in [-0.2, -0.15) is 0 Å². The van der Waals surface area contributed by atoms with Gasteiger partial charge in [0.1, 0.15) is 0 Å². The first kappa shape index (κ1) is 20.5. The van der Waals surface area contributed by atoms with Gasteiger partial charge < -0.3 is 4.74 Å². The van der Waals surface area contributed by atoms with Crippen molar-refractivity contribution >= 4 is 5.97 Å². The van der Waals surface area contributed by atoms with Crippen molar-refractivity contribution in [3.05, 3.63) is 0 Å². The molecule has 0 aromatic heterocycles. The lowest BCUT2D eigenvalue weighted by Crippen LogP contribution is -2.17. The molecule has 21 heavy (non-hydrogen) atoms. The normalized spacial score (nSPS) is 12.6. The lowest BCUT2D eigenvalue weighted by molar-refractivity contribution is -0.149. The average Bonchev–Trinajstić information content (AvgIpc) is 2.46. The standard InChI is InChI=1S/C19H38O2/c1-5-7-15-18(6-2)19(20)21-16-13-11-9-8-10-12-14-17(3)4/h17-18H,5-16H2,1-4H3. The molecule has 0 aliphatic carbocycles. The number of rotatable bonds is 14. The summed E-state index contributed by atoms with van der Waals surface area (Å²) < 4.78 is 5.41. The van der Waals surface area contributed by atoms with Crippen LogP contribution in [-0.2, 0) is 9.53 Å². The van der Waals surface area contributed by atoms with Gasteiger partial charge in [0.15, 0.2) is 0 Å². The van der Waals surface area contributed by atoms with Gasteiger partial charge in [0, 0.05) is 0 Å². The van der Waals surface area contributed by atoms with Crippen LogP contribution in [0.4, 0.5) is 0 Å². The Hall–Kier alpha value is -0.530. The summed E-state index contributed by atoms with van der Waals surface area (Å²) in [7, 11) is 0. The Bertz CT molecular complexity index is 236. The maximum atomic E-state index is 11.9. The van der Waals surface area contributed by atoms with Gasteiger partial charge in [-0.3, -0.25) is 4.79 Å². The van der Waals surface area contributed by atoms with Crippen LogP contribution in [0.15, 0.2) is 0 Å². The fraction of sp³-hybridized carbons (Fsp3) is 0.947. The van der Waals surface area contributed by atoms with Crippen molar-refractivity contribution in [2.75, 3.05) is 6.61 Å². The van der Waals surface area contributed by atoms with Crippen LogP contribution in [0.5, 0.6) is 0 Å². The van der Waals surface area contributed by atoms with Crippen molar-refractivity contribution in [1.82, 2.24) is 0 Å². The fourth-order valence-electron chi connectivity index (χ4n) is 2.59. The number of unbranched alkanes of at least 4 members (excludes halogenated alkanes) is 6. The molecule has 2 heteroatoms. The summed E-state index contributed by atoms with van der Waals surface area (Å²) in [5.74, 6) is 0.993. The molecule has 0 aliphatic rings. The van der Waals surface area contributed by atoms with E-state index < -0.39 is 0 Å². The van der Waals surface area contributed by atoms with E-state index in [1.807, 2.05) is 0 Å². The highest BCUT2D eigenvalue weighted by molar-refractivity contribution is 5.72. The zero-order chi connectivity index (χ0) is 15.9. The number of carbonyl (C=O) groups excluding carboxylic acids is 1. The molecule has 0 aromatic carbocycles. The Kier molecular flexibility index (Phi) is 14.0. The minimum atomic E-state index is 0.0304. The fourth-order valence-corrected chi connectivity index (χ4v) is 2.59. The van der Waals surface area contributed by atoms with E-state index >= 15 is 0 Å². The van der Waals surface area contributed by atoms with Gasteiger partial charge in [-0.1, -0.05) is 79.1 Å². The van der Waals surface area contributed by atoms with Crippen LogP contribution < -0.4 is 0 Å². The van der Waals surface area contributed by atoms with E-state index in [0.29, 0.717) is 6.61 Å². The highest BCUT2D eigenvalue weighted by Gasteiger charge is 2.16. The molecule has 0 spiro atoms. The molecule has 0 rings (SSSR count). The summed E-state index contributed by atoms with van der Waals surface area (Å²) in [5, 5.41) is 0. The van der Waals surface area contributed by atoms with Crippen LogP contribution in [-0.4, -0.2) is 12.6 Å². The molecule has 1 unspecified atom stereocenters. The molecule has 2 nitrogen and oxygen atoms in total. The highest BCUT2D eigenvalue weighted by Crippen LogP contribution is 2.15. The molecule has 0 saturated carbocycles. The third-order valence-corrected chi connectivity index (χ3v) is 4.15. The van der Waals surface area contributed by atoms with E-state index in [1.54, 1.807) is 0 Å². The average molecular weight is 299 g/mol. The minimum absolute atomic E-state index is 0.0304. The van der Waals surface area contributed by atoms with Gasteiger partial charge in [-0.15, -0.1) is 0 Å². The summed E-state index contributed by atoms with van der Waals surface area (Å²) in [6.45, 7) is 9.45. The molecule has 0 bridgehead atoms. The Morgan fingerprint density at radius 2 is 1.48 bits per heavy atom. The van der Waals surface area contributed by atoms with Crippen molar-refractivity contribution < 1.29 is 9.53 Å². The van der Waals surface area contributed by atoms with E-state index in [0.717, 1.165) is 38.0 Å². The number of hydrogen-bond acceptors (Lipinski definition) is 2. The lowest BCUT2D eigenvalue weighted by atomic mass is 10.00. The van der Waals surface area contributed by atoms with Gasteiger partial charge in [-0.25, -0.2) is 0 Å². The van der Waals surface area contributed by atoms with Gasteiger partial charge >= 0.3 is 5.97 Å². The smallest absolute Gasteiger partial charge is 0.308 e. The predicted octanol–water partition coefficient (Wildman–Crippen LogP) is 6.13. The molecule has 0 N–H and O–H groups in total. The number of ether oxygens (including phenoxy) is 1. The molecular formula is C19H38O2. The predicted molar refractivity (Wildman–Crippen MR) is 91.4 cm³/mol. The summed E-state index contributed by atoms with van der Waals surface area (Å²) in [6, 6.07) is 0. The summed E-state index contributed by atoms with van der Waals surface area (Å²) >= 11 is 0. The zero-order valence-electron chi connectivity index (χ0n) is 15.0. The monoisotopic (exact) mass is 298 g/mol. The topological polar surface area (TPSA) is 26.3 Å². The molecule has 0 fully saturated rings. The third-order valence-electron chi connectivity index (χ3n) is 4.15. The Balaban J connectivity index is 3.42. The van der Waals surface area contributed by atoms with Crippen LogP contribution in [0, 0.1) is 11.8 Å². The van der Waals surface area contributed by atoms with E-state index in [-0.39, 0.29) is 11.9 Å². The quantitative estimate of drug-likeness (QED) is 0.285. The largest absolute Gasteiger partial charge is 0.465 e. The van der Waals surface area contributed by atoms with Crippen molar-refractivity contribution in [3.63, 3.8) is 0 Å². The second-order valence-corrected chi connectivity index (χ2v) is 6.72. The van der Waals surface area contributed by atoms with E-state index in [9.17, 15) is 4.79 Å². The molecular weight excluding hydrogens is 260 g/mol. The summed E-state index contributed by atoms with van der Waals surface area (Å²) in [4.78, 5) is 11.9. The second kappa shape index (κ2) is 14.4. The third kappa shape index (κ3) is 12.9. The van der Waals surface area contributed by atoms with Gasteiger partial charge in [0.2, 0.25) is 0 Å². The molecule has 0 aliphatic heterocycles. The molecule has 0 saturated heterocycles. The molecule has 0 radical (unpaired) electrons. The summed E-state index contributed by atoms with van der Waals surface area (Å²) in [6.07, 6.45) is 13.1. The van der Waals surface area contributed by atoms with Crippen LogP contribution >= 0.6 is 0 Å². The Morgan fingerprint density at radius 1 is 0.857 bits per heavy atom. The number of esters is 1. The molecule has 1 atom stereocenters. The van der Waals surface area contributed by atoms with Gasteiger partial charge in [-0.05, 0) is 25.2 Å². The van der Waals surface area contributed by atoms with Crippen molar-refractivity contribution in [3.8, 4) is 0 Å². The van der Waals surface area contributed by atoms with Crippen molar-refractivity contribution in [2.45, 2.75) is 98.3 Å². The maximum absolute atomic E-state index is 11.9. The SMILES string of the molecule is CCCCC(CC)C(=O)OCCCCCCCCC(C)C. The molecule has 0 aromatic rings. The Morgan fingerprint density at radius 3 is 2.05 bits per heavy atom. The minimum Gasteiger partial charge on any atom is -0.465 e. The van der Waals surface area contributed by atoms with E-state index in [4.69, 9.17) is 4.74 Å². The summed E-state index contributed by atoms with van der Waals surface area (Å²) in [5.41, 5.74) is 0. The lowest BCUT2D eigenvalue weighted by Gasteiger charge is -2.13. The zero-order valence-corrected chi connectivity index (χ0v) is 15.0. The van der Waals surface area contributed by atoms with Crippen molar-refractivity contribution in [2.24, 2.45) is 11.8 Å². The first-order valence-corrected chi connectivity index (χ1v) is 9.28. The molecule has 126 valence electrons. The first-order chi connectivity index (χ1) is 10.1. The van der Waals surface area contributed by atoms with Gasteiger partial charge in [0.25, 0.3) is 0 Å². The molecule has 0 amide bonds.